The van der Waals surface area contributed by atoms with Gasteiger partial charge in [-0.15, -0.1) is 0 Å². The van der Waals surface area contributed by atoms with Gasteiger partial charge in [0, 0.05) is 32.1 Å². The maximum Gasteiger partial charge on any atom is 0.243 e. The van der Waals surface area contributed by atoms with Gasteiger partial charge in [-0.05, 0) is 49.9 Å². The molecule has 1 aliphatic carbocycles. The Morgan fingerprint density at radius 2 is 1.67 bits per heavy atom. The molecule has 1 aliphatic heterocycles. The van der Waals surface area contributed by atoms with Crippen LogP contribution < -0.4 is 0 Å². The van der Waals surface area contributed by atoms with E-state index in [1.165, 1.54) is 47.8 Å². The van der Waals surface area contributed by atoms with Crippen LogP contribution in [0.3, 0.4) is 0 Å². The summed E-state index contributed by atoms with van der Waals surface area (Å²) < 4.78 is 27.0. The summed E-state index contributed by atoms with van der Waals surface area (Å²) in [5.74, 6) is 0.0710. The summed E-state index contributed by atoms with van der Waals surface area (Å²) in [4.78, 5) is 14.9. The molecular weight excluding hydrogens is 362 g/mol. The van der Waals surface area contributed by atoms with Crippen molar-refractivity contribution in [3.05, 3.63) is 29.8 Å². The number of benzene rings is 1. The molecule has 0 atom stereocenters. The summed E-state index contributed by atoms with van der Waals surface area (Å²) in [6.45, 7) is 0.717. The van der Waals surface area contributed by atoms with E-state index in [1.807, 2.05) is 18.0 Å². The molecule has 1 saturated carbocycles. The third-order valence-electron chi connectivity index (χ3n) is 5.89. The van der Waals surface area contributed by atoms with Gasteiger partial charge in [-0.3, -0.25) is 4.79 Å². The van der Waals surface area contributed by atoms with Crippen LogP contribution in [0.2, 0.25) is 0 Å². The summed E-state index contributed by atoms with van der Waals surface area (Å²) >= 11 is 0. The lowest BCUT2D eigenvalue weighted by Gasteiger charge is -2.36. The highest BCUT2D eigenvalue weighted by molar-refractivity contribution is 7.89. The van der Waals surface area contributed by atoms with E-state index in [0.29, 0.717) is 37.5 Å². The molecular formula is C20H27N3O3S. The van der Waals surface area contributed by atoms with Gasteiger partial charge in [0.05, 0.1) is 16.5 Å². The maximum atomic E-state index is 12.8. The van der Waals surface area contributed by atoms with Gasteiger partial charge in [0.15, 0.2) is 0 Å². The van der Waals surface area contributed by atoms with Crippen LogP contribution in [0.25, 0.3) is 0 Å². The SMILES string of the molecule is CN(C(=O)C1CCN(S(=O)(=O)c2ccc(C#N)cc2)CC1)C1CCCCC1. The fourth-order valence-corrected chi connectivity index (χ4v) is 5.60. The third kappa shape index (κ3) is 4.33. The van der Waals surface area contributed by atoms with Crippen molar-refractivity contribution < 1.29 is 13.2 Å². The number of sulfonamides is 1. The van der Waals surface area contributed by atoms with Crippen molar-refractivity contribution in [2.24, 2.45) is 5.92 Å². The molecule has 1 heterocycles. The van der Waals surface area contributed by atoms with Gasteiger partial charge in [0.25, 0.3) is 0 Å². The molecule has 2 fully saturated rings. The van der Waals surface area contributed by atoms with Crippen molar-refractivity contribution in [3.63, 3.8) is 0 Å². The van der Waals surface area contributed by atoms with Crippen LogP contribution in [0, 0.1) is 17.2 Å². The van der Waals surface area contributed by atoms with Gasteiger partial charge in [-0.2, -0.15) is 9.57 Å². The standard InChI is InChI=1S/C20H27N3O3S/c1-22(18-5-3-2-4-6-18)20(24)17-11-13-23(14-12-17)27(25,26)19-9-7-16(15-21)8-10-19/h7-10,17-18H,2-6,11-14H2,1H3. The number of nitriles is 1. The van der Waals surface area contributed by atoms with Crippen molar-refractivity contribution in [2.75, 3.05) is 20.1 Å². The van der Waals surface area contributed by atoms with E-state index in [4.69, 9.17) is 5.26 Å². The number of hydrogen-bond acceptors (Lipinski definition) is 4. The summed E-state index contributed by atoms with van der Waals surface area (Å²) in [7, 11) is -1.68. The normalized spacial score (nSPS) is 20.1. The summed E-state index contributed by atoms with van der Waals surface area (Å²) in [5.41, 5.74) is 0.434. The number of nitrogens with zero attached hydrogens (tertiary/aromatic N) is 3. The quantitative estimate of drug-likeness (QED) is 0.793. The maximum absolute atomic E-state index is 12.8. The summed E-state index contributed by atoms with van der Waals surface area (Å²) in [5, 5.41) is 8.85. The van der Waals surface area contributed by atoms with Gasteiger partial charge in [-0.25, -0.2) is 8.42 Å². The lowest BCUT2D eigenvalue weighted by atomic mass is 9.91. The highest BCUT2D eigenvalue weighted by Crippen LogP contribution is 2.28. The first-order chi connectivity index (χ1) is 12.9. The van der Waals surface area contributed by atoms with Gasteiger partial charge < -0.3 is 4.90 Å². The van der Waals surface area contributed by atoms with Gasteiger partial charge in [0.2, 0.25) is 15.9 Å². The number of hydrogen-bond donors (Lipinski definition) is 0. The smallest absolute Gasteiger partial charge is 0.243 e. The highest BCUT2D eigenvalue weighted by atomic mass is 32.2. The Hall–Kier alpha value is -1.91. The molecule has 2 aliphatic rings. The zero-order chi connectivity index (χ0) is 19.4. The van der Waals surface area contributed by atoms with Crippen molar-refractivity contribution in [1.29, 1.82) is 5.26 Å². The topological polar surface area (TPSA) is 81.5 Å². The number of piperidine rings is 1. The number of amides is 1. The Kier molecular flexibility index (Phi) is 6.18. The fourth-order valence-electron chi connectivity index (χ4n) is 4.13. The molecule has 0 radical (unpaired) electrons. The lowest BCUT2D eigenvalue weighted by molar-refractivity contribution is -0.138. The Morgan fingerprint density at radius 3 is 2.22 bits per heavy atom. The first kappa shape index (κ1) is 19.8. The minimum absolute atomic E-state index is 0.0932. The molecule has 0 bridgehead atoms. The van der Waals surface area contributed by atoms with E-state index < -0.39 is 10.0 Å². The molecule has 1 amide bonds. The van der Waals surface area contributed by atoms with E-state index in [2.05, 4.69) is 0 Å². The predicted octanol–water partition coefficient (Wildman–Crippen LogP) is 2.75. The average Bonchev–Trinajstić information content (AvgIpc) is 2.73. The summed E-state index contributed by atoms with van der Waals surface area (Å²) in [6.07, 6.45) is 6.90. The largest absolute Gasteiger partial charge is 0.343 e. The van der Waals surface area contributed by atoms with Crippen LogP contribution in [0.1, 0.15) is 50.5 Å². The lowest BCUT2D eigenvalue weighted by Crippen LogP contribution is -2.46. The number of carbonyl (C=O) groups excluding carboxylic acids is 1. The van der Waals surface area contributed by atoms with Crippen molar-refractivity contribution in [3.8, 4) is 6.07 Å². The second-order valence-electron chi connectivity index (χ2n) is 7.56. The average molecular weight is 390 g/mol. The first-order valence-corrected chi connectivity index (χ1v) is 11.1. The molecule has 7 heteroatoms. The molecule has 1 saturated heterocycles. The van der Waals surface area contributed by atoms with Crippen molar-refractivity contribution in [1.82, 2.24) is 9.21 Å². The Morgan fingerprint density at radius 1 is 1.07 bits per heavy atom. The minimum Gasteiger partial charge on any atom is -0.343 e. The Balaban J connectivity index is 1.60. The van der Waals surface area contributed by atoms with E-state index in [9.17, 15) is 13.2 Å². The van der Waals surface area contributed by atoms with Crippen LogP contribution in [-0.2, 0) is 14.8 Å². The molecule has 1 aromatic rings. The van der Waals surface area contributed by atoms with Crippen LogP contribution in [0.15, 0.2) is 29.2 Å². The van der Waals surface area contributed by atoms with Crippen LogP contribution in [0.5, 0.6) is 0 Å². The molecule has 6 nitrogen and oxygen atoms in total. The second-order valence-corrected chi connectivity index (χ2v) is 9.49. The predicted molar refractivity (Wildman–Crippen MR) is 102 cm³/mol. The minimum atomic E-state index is -3.58. The monoisotopic (exact) mass is 389 g/mol. The van der Waals surface area contributed by atoms with Crippen LogP contribution >= 0.6 is 0 Å². The third-order valence-corrected chi connectivity index (χ3v) is 7.81. The fraction of sp³-hybridized carbons (Fsp3) is 0.600. The first-order valence-electron chi connectivity index (χ1n) is 9.70. The van der Waals surface area contributed by atoms with E-state index in [1.54, 1.807) is 0 Å². The molecule has 0 unspecified atom stereocenters. The van der Waals surface area contributed by atoms with Gasteiger partial charge in [0.1, 0.15) is 0 Å². The van der Waals surface area contributed by atoms with E-state index >= 15 is 0 Å². The molecule has 0 N–H and O–H groups in total. The van der Waals surface area contributed by atoms with Gasteiger partial charge >= 0.3 is 0 Å². The van der Waals surface area contributed by atoms with E-state index in [0.717, 1.165) is 12.8 Å². The Bertz CT molecular complexity index is 800. The molecule has 27 heavy (non-hydrogen) atoms. The molecule has 0 aromatic heterocycles. The second kappa shape index (κ2) is 8.41. The van der Waals surface area contributed by atoms with Crippen LogP contribution in [0.4, 0.5) is 0 Å². The molecule has 3 rings (SSSR count). The molecule has 0 spiro atoms. The molecule has 146 valence electrons. The molecule has 1 aromatic carbocycles. The van der Waals surface area contributed by atoms with Crippen molar-refractivity contribution in [2.45, 2.75) is 55.9 Å². The number of rotatable bonds is 4. The van der Waals surface area contributed by atoms with Gasteiger partial charge in [-0.1, -0.05) is 19.3 Å². The summed E-state index contributed by atoms with van der Waals surface area (Å²) in [6, 6.07) is 8.31. The Labute approximate surface area is 161 Å². The number of carbonyl (C=O) groups is 1. The zero-order valence-electron chi connectivity index (χ0n) is 15.8. The van der Waals surface area contributed by atoms with Crippen LogP contribution in [-0.4, -0.2) is 49.7 Å². The highest BCUT2D eigenvalue weighted by Gasteiger charge is 2.34. The van der Waals surface area contributed by atoms with Crippen molar-refractivity contribution >= 4 is 15.9 Å². The zero-order valence-corrected chi connectivity index (χ0v) is 16.6. The van der Waals surface area contributed by atoms with E-state index in [-0.39, 0.29) is 16.7 Å².